The summed E-state index contributed by atoms with van der Waals surface area (Å²) in [6.45, 7) is 0. The minimum absolute atomic E-state index is 0.0844. The zero-order valence-corrected chi connectivity index (χ0v) is 13.4. The van der Waals surface area contributed by atoms with Crippen LogP contribution in [-0.2, 0) is 0 Å². The predicted molar refractivity (Wildman–Crippen MR) is 77.7 cm³/mol. The van der Waals surface area contributed by atoms with Gasteiger partial charge in [-0.05, 0) is 17.3 Å². The molecule has 0 radical (unpaired) electrons. The number of rotatable bonds is 6. The molecule has 0 aromatic heterocycles. The van der Waals surface area contributed by atoms with E-state index >= 15 is 0 Å². The molecule has 13 heavy (non-hydrogen) atoms. The van der Waals surface area contributed by atoms with Gasteiger partial charge < -0.3 is 15.3 Å². The van der Waals surface area contributed by atoms with E-state index in [1.54, 1.807) is 0 Å². The third-order valence-electron chi connectivity index (χ3n) is 1.55. The van der Waals surface area contributed by atoms with Crippen LogP contribution in [0.25, 0.3) is 0 Å². The Balaban J connectivity index is 3.76. The van der Waals surface area contributed by atoms with E-state index in [4.69, 9.17) is 15.3 Å². The molecule has 0 rings (SSSR count). The Morgan fingerprint density at radius 2 is 1.62 bits per heavy atom. The molecule has 80 valence electrons. The van der Waals surface area contributed by atoms with Gasteiger partial charge in [-0.15, -0.1) is 0 Å². The van der Waals surface area contributed by atoms with E-state index in [0.717, 1.165) is 23.7 Å². The fourth-order valence-corrected chi connectivity index (χ4v) is 2.64. The van der Waals surface area contributed by atoms with Crippen LogP contribution in [0, 0.1) is 0 Å². The highest BCUT2D eigenvalue weighted by atomic mass is 127. The molecular formula is C7H13I3O3. The van der Waals surface area contributed by atoms with Crippen LogP contribution in [0.5, 0.6) is 0 Å². The van der Waals surface area contributed by atoms with E-state index in [0.29, 0.717) is 0 Å². The van der Waals surface area contributed by atoms with Crippen LogP contribution in [0.15, 0.2) is 0 Å². The van der Waals surface area contributed by atoms with Crippen molar-refractivity contribution in [2.45, 2.75) is 33.1 Å². The number of unbranched alkanes of at least 4 members (excludes halogenated alkanes) is 1. The van der Waals surface area contributed by atoms with Crippen LogP contribution < -0.4 is 0 Å². The molecule has 0 aliphatic rings. The summed E-state index contributed by atoms with van der Waals surface area (Å²) in [6.07, 6.45) is 3.10. The molecule has 2 unspecified atom stereocenters. The largest absolute Gasteiger partial charge is 0.343 e. The Labute approximate surface area is 119 Å². The fourth-order valence-electron chi connectivity index (χ4n) is 0.823. The molecule has 2 atom stereocenters. The molecule has 0 aromatic carbocycles. The quantitative estimate of drug-likeness (QED) is 0.215. The van der Waals surface area contributed by atoms with Crippen molar-refractivity contribution in [1.82, 2.24) is 0 Å². The van der Waals surface area contributed by atoms with E-state index in [9.17, 15) is 0 Å². The van der Waals surface area contributed by atoms with Gasteiger partial charge in [-0.1, -0.05) is 74.2 Å². The van der Waals surface area contributed by atoms with Gasteiger partial charge in [0, 0.05) is 3.92 Å². The monoisotopic (exact) mass is 526 g/mol. The first-order valence-electron chi connectivity index (χ1n) is 3.90. The normalized spacial score (nSPS) is 17.1. The lowest BCUT2D eigenvalue weighted by molar-refractivity contribution is -0.306. The maximum atomic E-state index is 8.91. The summed E-state index contributed by atoms with van der Waals surface area (Å²) in [5.74, 6) is -2.54. The molecule has 0 saturated heterocycles. The van der Waals surface area contributed by atoms with Crippen LogP contribution >= 0.6 is 67.8 Å². The summed E-state index contributed by atoms with van der Waals surface area (Å²) in [5, 5.41) is 26.7. The van der Waals surface area contributed by atoms with E-state index in [-0.39, 0.29) is 3.92 Å². The Hall–Kier alpha value is 2.07. The standard InChI is InChI=1S/C7H13I3O3/c8-4-2-1-3-5(9)6(10)7(11,12)13/h5-6,11-13H,1-4H2. The highest BCUT2D eigenvalue weighted by molar-refractivity contribution is 14.1. The summed E-state index contributed by atoms with van der Waals surface area (Å²) in [5.41, 5.74) is 0. The Kier molecular flexibility index (Phi) is 8.53. The number of hydrogen-bond donors (Lipinski definition) is 3. The molecule has 0 fully saturated rings. The van der Waals surface area contributed by atoms with Crippen LogP contribution in [0.1, 0.15) is 19.3 Å². The van der Waals surface area contributed by atoms with Gasteiger partial charge in [-0.2, -0.15) is 0 Å². The second-order valence-electron chi connectivity index (χ2n) is 2.79. The molecule has 0 aliphatic carbocycles. The summed E-state index contributed by atoms with van der Waals surface area (Å²) in [4.78, 5) is 0. The second kappa shape index (κ2) is 7.36. The minimum atomic E-state index is -2.54. The minimum Gasteiger partial charge on any atom is -0.343 e. The fraction of sp³-hybridized carbons (Fsp3) is 1.00. The Morgan fingerprint density at radius 3 is 2.00 bits per heavy atom. The van der Waals surface area contributed by atoms with E-state index < -0.39 is 9.90 Å². The predicted octanol–water partition coefficient (Wildman–Crippen LogP) is 1.83. The van der Waals surface area contributed by atoms with Crippen molar-refractivity contribution in [1.29, 1.82) is 0 Å². The van der Waals surface area contributed by atoms with Crippen LogP contribution in [-0.4, -0.2) is 33.6 Å². The lowest BCUT2D eigenvalue weighted by Crippen LogP contribution is -2.42. The van der Waals surface area contributed by atoms with Gasteiger partial charge in [-0.3, -0.25) is 0 Å². The van der Waals surface area contributed by atoms with Gasteiger partial charge in [0.25, 0.3) is 5.97 Å². The van der Waals surface area contributed by atoms with Gasteiger partial charge in [0.15, 0.2) is 0 Å². The third-order valence-corrected chi connectivity index (χ3v) is 6.74. The number of halogens is 3. The van der Waals surface area contributed by atoms with Gasteiger partial charge in [-0.25, -0.2) is 0 Å². The molecule has 3 N–H and O–H groups in total. The van der Waals surface area contributed by atoms with E-state index in [1.807, 2.05) is 22.6 Å². The number of hydrogen-bond acceptors (Lipinski definition) is 3. The van der Waals surface area contributed by atoms with E-state index in [2.05, 4.69) is 45.2 Å². The zero-order chi connectivity index (χ0) is 10.5. The number of aliphatic hydroxyl groups is 3. The first kappa shape index (κ1) is 15.1. The molecule has 0 heterocycles. The van der Waals surface area contributed by atoms with Gasteiger partial charge in [0.05, 0.1) is 0 Å². The lowest BCUT2D eigenvalue weighted by atomic mass is 10.1. The highest BCUT2D eigenvalue weighted by Gasteiger charge is 2.34. The molecular weight excluding hydrogens is 513 g/mol. The molecule has 0 spiro atoms. The van der Waals surface area contributed by atoms with Crippen LogP contribution in [0.2, 0.25) is 0 Å². The van der Waals surface area contributed by atoms with Gasteiger partial charge in [0.2, 0.25) is 0 Å². The molecule has 0 amide bonds. The smallest absolute Gasteiger partial charge is 0.288 e. The number of alkyl halides is 3. The maximum absolute atomic E-state index is 8.91. The first-order chi connectivity index (χ1) is 5.89. The SMILES string of the molecule is OC(O)(O)C(I)C(I)CCCCI. The van der Waals surface area contributed by atoms with Crippen molar-refractivity contribution in [3.63, 3.8) is 0 Å². The molecule has 0 aromatic rings. The highest BCUT2D eigenvalue weighted by Crippen LogP contribution is 2.27. The lowest BCUT2D eigenvalue weighted by Gasteiger charge is -2.24. The third kappa shape index (κ3) is 7.03. The summed E-state index contributed by atoms with van der Waals surface area (Å²) < 4.78 is 0.663. The average Bonchev–Trinajstić information content (AvgIpc) is 2.01. The van der Waals surface area contributed by atoms with Gasteiger partial charge >= 0.3 is 0 Å². The zero-order valence-electron chi connectivity index (χ0n) is 6.96. The van der Waals surface area contributed by atoms with Crippen molar-refractivity contribution in [2.24, 2.45) is 0 Å². The van der Waals surface area contributed by atoms with Crippen molar-refractivity contribution >= 4 is 67.8 Å². The second-order valence-corrected chi connectivity index (χ2v) is 6.81. The molecule has 0 bridgehead atoms. The van der Waals surface area contributed by atoms with Crippen molar-refractivity contribution < 1.29 is 15.3 Å². The summed E-state index contributed by atoms with van der Waals surface area (Å²) >= 11 is 6.32. The Morgan fingerprint density at radius 1 is 1.08 bits per heavy atom. The Bertz CT molecular complexity index is 137. The first-order valence-corrected chi connectivity index (χ1v) is 7.92. The average molecular weight is 526 g/mol. The molecule has 6 heteroatoms. The van der Waals surface area contributed by atoms with Crippen LogP contribution in [0.3, 0.4) is 0 Å². The molecule has 0 saturated carbocycles. The van der Waals surface area contributed by atoms with E-state index in [1.165, 1.54) is 0 Å². The van der Waals surface area contributed by atoms with Gasteiger partial charge in [0.1, 0.15) is 3.92 Å². The molecule has 0 aliphatic heterocycles. The summed E-state index contributed by atoms with van der Waals surface area (Å²) in [7, 11) is 0. The molecule has 3 nitrogen and oxygen atoms in total. The maximum Gasteiger partial charge on any atom is 0.288 e. The van der Waals surface area contributed by atoms with Crippen molar-refractivity contribution in [2.75, 3.05) is 4.43 Å². The van der Waals surface area contributed by atoms with Crippen molar-refractivity contribution in [3.8, 4) is 0 Å². The topological polar surface area (TPSA) is 60.7 Å². The van der Waals surface area contributed by atoms with Crippen LogP contribution in [0.4, 0.5) is 0 Å². The van der Waals surface area contributed by atoms with Crippen molar-refractivity contribution in [3.05, 3.63) is 0 Å². The summed E-state index contributed by atoms with van der Waals surface area (Å²) in [6, 6.07) is 0.